The van der Waals surface area contributed by atoms with Crippen molar-refractivity contribution in [3.05, 3.63) is 99.0 Å². The van der Waals surface area contributed by atoms with Crippen LogP contribution in [0.1, 0.15) is 46.8 Å². The number of ether oxygens (including phenoxy) is 2. The maximum absolute atomic E-state index is 12.6. The number of para-hydroxylation sites is 1. The molecule has 0 aliphatic rings. The molecule has 0 radical (unpaired) electrons. The molecule has 31 heavy (non-hydrogen) atoms. The molecule has 3 aromatic rings. The van der Waals surface area contributed by atoms with Crippen molar-refractivity contribution in [3.8, 4) is 11.5 Å². The molecular formula is C26H24Cl2O3. The zero-order valence-electron chi connectivity index (χ0n) is 17.7. The van der Waals surface area contributed by atoms with Gasteiger partial charge in [-0.1, -0.05) is 79.5 Å². The fourth-order valence-electron chi connectivity index (χ4n) is 3.06. The highest BCUT2D eigenvalue weighted by Gasteiger charge is 2.11. The topological polar surface area (TPSA) is 35.5 Å². The van der Waals surface area contributed by atoms with Gasteiger partial charge in [0.15, 0.2) is 17.3 Å². The van der Waals surface area contributed by atoms with E-state index in [0.717, 1.165) is 11.1 Å². The minimum Gasteiger partial charge on any atom is -0.493 e. The van der Waals surface area contributed by atoms with Crippen LogP contribution < -0.4 is 9.47 Å². The minimum absolute atomic E-state index is 0.0754. The van der Waals surface area contributed by atoms with Crippen molar-refractivity contribution >= 4 is 35.1 Å². The van der Waals surface area contributed by atoms with Crippen LogP contribution in [0.4, 0.5) is 0 Å². The van der Waals surface area contributed by atoms with E-state index in [1.807, 2.05) is 48.5 Å². The van der Waals surface area contributed by atoms with Crippen LogP contribution in [0.15, 0.2) is 66.7 Å². The average molecular weight is 455 g/mol. The summed E-state index contributed by atoms with van der Waals surface area (Å²) in [4.78, 5) is 12.6. The summed E-state index contributed by atoms with van der Waals surface area (Å²) in [6.45, 7) is 4.53. The molecule has 0 amide bonds. The highest BCUT2D eigenvalue weighted by Crippen LogP contribution is 2.33. The summed E-state index contributed by atoms with van der Waals surface area (Å²) >= 11 is 12.1. The molecule has 160 valence electrons. The summed E-state index contributed by atoms with van der Waals surface area (Å²) in [5.74, 6) is 1.48. The molecule has 0 bridgehead atoms. The van der Waals surface area contributed by atoms with Gasteiger partial charge in [0.2, 0.25) is 0 Å². The summed E-state index contributed by atoms with van der Waals surface area (Å²) in [6, 6.07) is 18.6. The Hall–Kier alpha value is -2.75. The van der Waals surface area contributed by atoms with Gasteiger partial charge in [0, 0.05) is 11.1 Å². The molecule has 0 heterocycles. The van der Waals surface area contributed by atoms with Gasteiger partial charge in [-0.15, -0.1) is 0 Å². The van der Waals surface area contributed by atoms with Gasteiger partial charge in [-0.2, -0.15) is 0 Å². The summed E-state index contributed by atoms with van der Waals surface area (Å²) in [7, 11) is 1.58. The highest BCUT2D eigenvalue weighted by atomic mass is 35.5. The smallest absolute Gasteiger partial charge is 0.185 e. The van der Waals surface area contributed by atoms with Gasteiger partial charge >= 0.3 is 0 Å². The van der Waals surface area contributed by atoms with Crippen molar-refractivity contribution < 1.29 is 14.3 Å². The Morgan fingerprint density at radius 2 is 1.74 bits per heavy atom. The highest BCUT2D eigenvalue weighted by molar-refractivity contribution is 6.42. The van der Waals surface area contributed by atoms with Crippen LogP contribution in [-0.2, 0) is 6.61 Å². The Labute approximate surface area is 193 Å². The van der Waals surface area contributed by atoms with Gasteiger partial charge in [0.25, 0.3) is 0 Å². The number of methoxy groups -OCH3 is 1. The van der Waals surface area contributed by atoms with Gasteiger partial charge in [-0.25, -0.2) is 0 Å². The maximum atomic E-state index is 12.6. The molecule has 3 nitrogen and oxygen atoms in total. The predicted octanol–water partition coefficient (Wildman–Crippen LogP) is 7.60. The van der Waals surface area contributed by atoms with Crippen molar-refractivity contribution in [1.82, 2.24) is 0 Å². The van der Waals surface area contributed by atoms with E-state index in [9.17, 15) is 4.79 Å². The Morgan fingerprint density at radius 3 is 2.39 bits per heavy atom. The minimum atomic E-state index is -0.0754. The number of rotatable bonds is 8. The lowest BCUT2D eigenvalue weighted by atomic mass is 10.0. The van der Waals surface area contributed by atoms with Gasteiger partial charge in [-0.05, 0) is 47.4 Å². The molecule has 0 aliphatic heterocycles. The summed E-state index contributed by atoms with van der Waals surface area (Å²) in [6.07, 6.45) is 3.29. The van der Waals surface area contributed by atoms with Crippen LogP contribution in [0.25, 0.3) is 6.08 Å². The summed E-state index contributed by atoms with van der Waals surface area (Å²) < 4.78 is 11.5. The second kappa shape index (κ2) is 10.5. The standard InChI is InChI=1S/C26H24Cl2O3/c1-17(2)19-8-10-20(11-9-19)24(29)14-12-21-5-4-6-25(30-3)26(21)31-16-18-7-13-22(27)23(28)15-18/h4-15,17H,16H2,1-3H3/b14-12+. The third-order valence-electron chi connectivity index (χ3n) is 4.87. The molecule has 5 heteroatoms. The Balaban J connectivity index is 1.80. The van der Waals surface area contributed by atoms with E-state index in [1.54, 1.807) is 31.4 Å². The van der Waals surface area contributed by atoms with Gasteiger partial charge in [0.05, 0.1) is 17.2 Å². The normalized spacial score (nSPS) is 11.2. The molecule has 3 aromatic carbocycles. The second-order valence-electron chi connectivity index (χ2n) is 7.39. The van der Waals surface area contributed by atoms with Crippen molar-refractivity contribution in [3.63, 3.8) is 0 Å². The third-order valence-corrected chi connectivity index (χ3v) is 5.61. The largest absolute Gasteiger partial charge is 0.493 e. The van der Waals surface area contributed by atoms with E-state index in [1.165, 1.54) is 5.56 Å². The SMILES string of the molecule is COc1cccc(/C=C/C(=O)c2ccc(C(C)C)cc2)c1OCc1ccc(Cl)c(Cl)c1. The summed E-state index contributed by atoms with van der Waals surface area (Å²) in [5.41, 5.74) is 3.45. The van der Waals surface area contributed by atoms with Gasteiger partial charge < -0.3 is 9.47 Å². The number of ketones is 1. The predicted molar refractivity (Wildman–Crippen MR) is 128 cm³/mol. The molecule has 0 spiro atoms. The van der Waals surface area contributed by atoms with E-state index in [2.05, 4.69) is 13.8 Å². The second-order valence-corrected chi connectivity index (χ2v) is 8.20. The van der Waals surface area contributed by atoms with Crippen LogP contribution in [-0.4, -0.2) is 12.9 Å². The van der Waals surface area contributed by atoms with E-state index in [4.69, 9.17) is 32.7 Å². The van der Waals surface area contributed by atoms with Crippen LogP contribution in [0, 0.1) is 0 Å². The zero-order chi connectivity index (χ0) is 22.4. The van der Waals surface area contributed by atoms with E-state index in [0.29, 0.717) is 33.0 Å². The van der Waals surface area contributed by atoms with Gasteiger partial charge in [-0.3, -0.25) is 4.79 Å². The van der Waals surface area contributed by atoms with Crippen LogP contribution in [0.2, 0.25) is 10.0 Å². The number of carbonyl (C=O) groups is 1. The van der Waals surface area contributed by atoms with Crippen molar-refractivity contribution in [2.75, 3.05) is 7.11 Å². The lowest BCUT2D eigenvalue weighted by molar-refractivity contribution is 0.104. The molecule has 0 saturated heterocycles. The number of hydrogen-bond acceptors (Lipinski definition) is 3. The third kappa shape index (κ3) is 5.90. The van der Waals surface area contributed by atoms with Crippen molar-refractivity contribution in [2.45, 2.75) is 26.4 Å². The Morgan fingerprint density at radius 1 is 1.00 bits per heavy atom. The molecule has 0 N–H and O–H groups in total. The number of halogens is 2. The molecule has 3 rings (SSSR count). The molecule has 0 unspecified atom stereocenters. The van der Waals surface area contributed by atoms with Crippen LogP contribution >= 0.6 is 23.2 Å². The molecule has 0 aromatic heterocycles. The molecular weight excluding hydrogens is 431 g/mol. The van der Waals surface area contributed by atoms with Crippen molar-refractivity contribution in [2.24, 2.45) is 0 Å². The Kier molecular flexibility index (Phi) is 7.78. The van der Waals surface area contributed by atoms with Crippen LogP contribution in [0.3, 0.4) is 0 Å². The maximum Gasteiger partial charge on any atom is 0.185 e. The molecule has 0 saturated carbocycles. The fourth-order valence-corrected chi connectivity index (χ4v) is 3.38. The lowest BCUT2D eigenvalue weighted by Crippen LogP contribution is -2.00. The van der Waals surface area contributed by atoms with E-state index >= 15 is 0 Å². The van der Waals surface area contributed by atoms with Crippen molar-refractivity contribution in [1.29, 1.82) is 0 Å². The average Bonchev–Trinajstić information content (AvgIpc) is 2.78. The Bertz CT molecular complexity index is 1090. The number of allylic oxidation sites excluding steroid dienone is 1. The van der Waals surface area contributed by atoms with Crippen LogP contribution in [0.5, 0.6) is 11.5 Å². The molecule has 0 fully saturated rings. The molecule has 0 aliphatic carbocycles. The first-order valence-corrected chi connectivity index (χ1v) is 10.7. The summed E-state index contributed by atoms with van der Waals surface area (Å²) in [5, 5.41) is 0.961. The number of carbonyl (C=O) groups excluding carboxylic acids is 1. The first-order chi connectivity index (χ1) is 14.9. The number of hydrogen-bond donors (Lipinski definition) is 0. The quantitative estimate of drug-likeness (QED) is 0.259. The first kappa shape index (κ1) is 22.9. The van der Waals surface area contributed by atoms with E-state index < -0.39 is 0 Å². The first-order valence-electron chi connectivity index (χ1n) is 9.95. The lowest BCUT2D eigenvalue weighted by Gasteiger charge is -2.14. The molecule has 0 atom stereocenters. The zero-order valence-corrected chi connectivity index (χ0v) is 19.2. The number of benzene rings is 3. The monoisotopic (exact) mass is 454 g/mol. The fraction of sp³-hybridized carbons (Fsp3) is 0.192. The van der Waals surface area contributed by atoms with Gasteiger partial charge in [0.1, 0.15) is 6.61 Å². The van der Waals surface area contributed by atoms with E-state index in [-0.39, 0.29) is 12.4 Å².